The summed E-state index contributed by atoms with van der Waals surface area (Å²) in [7, 11) is 0. The highest BCUT2D eigenvalue weighted by Gasteiger charge is 2.02. The summed E-state index contributed by atoms with van der Waals surface area (Å²) in [6, 6.07) is 13.9. The van der Waals surface area contributed by atoms with Crippen molar-refractivity contribution in [2.45, 2.75) is 26.3 Å². The topological polar surface area (TPSA) is 81.1 Å². The molecule has 6 heteroatoms. The highest BCUT2D eigenvalue weighted by atomic mass is 15.3. The van der Waals surface area contributed by atoms with Gasteiger partial charge in [-0.2, -0.15) is 5.10 Å². The molecule has 0 saturated carbocycles. The van der Waals surface area contributed by atoms with Crippen LogP contribution in [0.15, 0.2) is 66.0 Å². The van der Waals surface area contributed by atoms with Crippen LogP contribution in [0.25, 0.3) is 5.82 Å². The molecule has 0 aliphatic rings. The summed E-state index contributed by atoms with van der Waals surface area (Å²) in [5.41, 5.74) is 9.24. The summed E-state index contributed by atoms with van der Waals surface area (Å²) in [6.45, 7) is 4.80. The molecule has 0 atom stereocenters. The van der Waals surface area contributed by atoms with E-state index in [-0.39, 0.29) is 0 Å². The molecule has 2 aromatic heterocycles. The maximum atomic E-state index is 6.02. The first-order valence-electron chi connectivity index (χ1n) is 8.23. The molecule has 3 rings (SSSR count). The van der Waals surface area contributed by atoms with Gasteiger partial charge in [-0.05, 0) is 47.4 Å². The van der Waals surface area contributed by atoms with E-state index in [0.29, 0.717) is 18.4 Å². The molecule has 3 aromatic rings. The Hall–Kier alpha value is -3.15. The molecule has 0 radical (unpaired) electrons. The number of nitrogens with zero attached hydrogens (tertiary/aromatic N) is 4. The fourth-order valence-electron chi connectivity index (χ4n) is 2.43. The van der Waals surface area contributed by atoms with Gasteiger partial charge in [0.05, 0.1) is 6.54 Å². The summed E-state index contributed by atoms with van der Waals surface area (Å²) >= 11 is 0. The van der Waals surface area contributed by atoms with Crippen LogP contribution in [-0.2, 0) is 6.54 Å². The van der Waals surface area contributed by atoms with E-state index in [1.54, 1.807) is 17.1 Å². The molecule has 25 heavy (non-hydrogen) atoms. The molecule has 1 aromatic carbocycles. The lowest BCUT2D eigenvalue weighted by atomic mass is 10.0. The number of hydrogen-bond acceptors (Lipinski definition) is 3. The molecule has 6 nitrogen and oxygen atoms in total. The minimum atomic E-state index is 0.387. The molecular weight excluding hydrogens is 312 g/mol. The Bertz CT molecular complexity index is 852. The highest BCUT2D eigenvalue weighted by molar-refractivity contribution is 5.92. The number of rotatable bonds is 5. The maximum Gasteiger partial charge on any atom is 0.193 e. The third-order valence-corrected chi connectivity index (χ3v) is 3.81. The number of benzene rings is 1. The van der Waals surface area contributed by atoms with Gasteiger partial charge in [0.1, 0.15) is 0 Å². The zero-order chi connectivity index (χ0) is 17.6. The zero-order valence-corrected chi connectivity index (χ0v) is 14.4. The van der Waals surface area contributed by atoms with E-state index in [2.05, 4.69) is 46.4 Å². The van der Waals surface area contributed by atoms with E-state index >= 15 is 0 Å². The molecule has 0 bridgehead atoms. The number of pyridine rings is 1. The fraction of sp³-hybridized carbons (Fsp3) is 0.211. The SMILES string of the molecule is CC(C)c1cccc(NC(N)=NCc2ccnc(-n3cccn3)c2)c1. The second kappa shape index (κ2) is 7.61. The van der Waals surface area contributed by atoms with Crippen LogP contribution in [0.5, 0.6) is 0 Å². The van der Waals surface area contributed by atoms with Crippen molar-refractivity contribution in [3.05, 3.63) is 72.2 Å². The molecule has 0 amide bonds. The second-order valence-corrected chi connectivity index (χ2v) is 6.08. The molecule has 0 unspecified atom stereocenters. The molecule has 0 aliphatic carbocycles. The van der Waals surface area contributed by atoms with Crippen molar-refractivity contribution in [1.29, 1.82) is 0 Å². The van der Waals surface area contributed by atoms with Gasteiger partial charge < -0.3 is 11.1 Å². The molecular formula is C19H22N6. The summed E-state index contributed by atoms with van der Waals surface area (Å²) in [5.74, 6) is 1.62. The van der Waals surface area contributed by atoms with Crippen molar-refractivity contribution >= 4 is 11.6 Å². The van der Waals surface area contributed by atoms with Crippen LogP contribution in [0.2, 0.25) is 0 Å². The van der Waals surface area contributed by atoms with Crippen molar-refractivity contribution in [3.8, 4) is 5.82 Å². The molecule has 3 N–H and O–H groups in total. The van der Waals surface area contributed by atoms with Crippen molar-refractivity contribution < 1.29 is 0 Å². The lowest BCUT2D eigenvalue weighted by Gasteiger charge is -2.10. The van der Waals surface area contributed by atoms with Crippen LogP contribution in [0, 0.1) is 0 Å². The summed E-state index contributed by atoms with van der Waals surface area (Å²) in [6.07, 6.45) is 5.32. The lowest BCUT2D eigenvalue weighted by molar-refractivity contribution is 0.841. The number of nitrogens with one attached hydrogen (secondary N) is 1. The van der Waals surface area contributed by atoms with Gasteiger partial charge in [-0.25, -0.2) is 14.7 Å². The zero-order valence-electron chi connectivity index (χ0n) is 14.4. The molecule has 0 spiro atoms. The standard InChI is InChI=1S/C19H22N6/c1-14(2)16-5-3-6-17(12-16)24-19(20)22-13-15-7-9-21-18(11-15)25-10-4-8-23-25/h3-12,14H,13H2,1-2H3,(H3,20,22,24). The first-order chi connectivity index (χ1) is 12.1. The first kappa shape index (κ1) is 16.7. The van der Waals surface area contributed by atoms with E-state index in [4.69, 9.17) is 5.73 Å². The molecule has 128 valence electrons. The summed E-state index contributed by atoms with van der Waals surface area (Å²) in [4.78, 5) is 8.72. The Balaban J connectivity index is 1.67. The molecule has 0 aliphatic heterocycles. The van der Waals surface area contributed by atoms with Gasteiger partial charge in [0.25, 0.3) is 0 Å². The smallest absolute Gasteiger partial charge is 0.193 e. The molecule has 0 saturated heterocycles. The van der Waals surface area contributed by atoms with Gasteiger partial charge in [-0.15, -0.1) is 0 Å². The third-order valence-electron chi connectivity index (χ3n) is 3.81. The van der Waals surface area contributed by atoms with E-state index in [1.807, 2.05) is 36.5 Å². The van der Waals surface area contributed by atoms with Gasteiger partial charge in [-0.3, -0.25) is 0 Å². The maximum absolute atomic E-state index is 6.02. The molecule has 0 fully saturated rings. The van der Waals surface area contributed by atoms with Gasteiger partial charge in [0.15, 0.2) is 11.8 Å². The largest absolute Gasteiger partial charge is 0.370 e. The number of anilines is 1. The van der Waals surface area contributed by atoms with Crippen molar-refractivity contribution in [2.75, 3.05) is 5.32 Å². The lowest BCUT2D eigenvalue weighted by Crippen LogP contribution is -2.22. The number of guanidine groups is 1. The first-order valence-corrected chi connectivity index (χ1v) is 8.23. The van der Waals surface area contributed by atoms with E-state index < -0.39 is 0 Å². The Morgan fingerprint density at radius 1 is 1.20 bits per heavy atom. The van der Waals surface area contributed by atoms with Crippen LogP contribution in [0.1, 0.15) is 30.9 Å². The van der Waals surface area contributed by atoms with Gasteiger partial charge in [0, 0.05) is 24.3 Å². The predicted molar refractivity (Wildman–Crippen MR) is 101 cm³/mol. The minimum Gasteiger partial charge on any atom is -0.370 e. The predicted octanol–water partition coefficient (Wildman–Crippen LogP) is 3.32. The second-order valence-electron chi connectivity index (χ2n) is 6.08. The molecule has 2 heterocycles. The monoisotopic (exact) mass is 334 g/mol. The van der Waals surface area contributed by atoms with E-state index in [9.17, 15) is 0 Å². The van der Waals surface area contributed by atoms with Crippen LogP contribution in [-0.4, -0.2) is 20.7 Å². The van der Waals surface area contributed by atoms with E-state index in [0.717, 1.165) is 17.1 Å². The Labute approximate surface area is 147 Å². The van der Waals surface area contributed by atoms with Crippen molar-refractivity contribution in [2.24, 2.45) is 10.7 Å². The summed E-state index contributed by atoms with van der Waals surface area (Å²) < 4.78 is 1.71. The Morgan fingerprint density at radius 2 is 2.08 bits per heavy atom. The van der Waals surface area contributed by atoms with Crippen LogP contribution in [0.3, 0.4) is 0 Å². The quantitative estimate of drug-likeness (QED) is 0.554. The number of hydrogen-bond donors (Lipinski definition) is 2. The number of aliphatic imine (C=N–C) groups is 1. The van der Waals surface area contributed by atoms with Crippen LogP contribution >= 0.6 is 0 Å². The third kappa shape index (κ3) is 4.44. The Morgan fingerprint density at radius 3 is 2.84 bits per heavy atom. The normalized spacial score (nSPS) is 11.7. The van der Waals surface area contributed by atoms with Crippen molar-refractivity contribution in [3.63, 3.8) is 0 Å². The van der Waals surface area contributed by atoms with E-state index in [1.165, 1.54) is 5.56 Å². The fourth-order valence-corrected chi connectivity index (χ4v) is 2.43. The average Bonchev–Trinajstić information content (AvgIpc) is 3.15. The highest BCUT2D eigenvalue weighted by Crippen LogP contribution is 2.18. The number of nitrogens with two attached hydrogens (primary N) is 1. The van der Waals surface area contributed by atoms with Crippen molar-refractivity contribution in [1.82, 2.24) is 14.8 Å². The minimum absolute atomic E-state index is 0.387. The van der Waals surface area contributed by atoms with Gasteiger partial charge >= 0.3 is 0 Å². The van der Waals surface area contributed by atoms with Gasteiger partial charge in [-0.1, -0.05) is 26.0 Å². The van der Waals surface area contributed by atoms with Crippen LogP contribution in [0.4, 0.5) is 5.69 Å². The Kier molecular flexibility index (Phi) is 5.09. The average molecular weight is 334 g/mol. The van der Waals surface area contributed by atoms with Crippen LogP contribution < -0.4 is 11.1 Å². The number of aromatic nitrogens is 3. The summed E-state index contributed by atoms with van der Waals surface area (Å²) in [5, 5.41) is 7.33. The van der Waals surface area contributed by atoms with Gasteiger partial charge in [0.2, 0.25) is 0 Å².